The van der Waals surface area contributed by atoms with Gasteiger partial charge in [0.25, 0.3) is 5.91 Å². The van der Waals surface area contributed by atoms with Gasteiger partial charge in [-0.2, -0.15) is 0 Å². The number of carbonyl (C=O) groups is 1. The van der Waals surface area contributed by atoms with Crippen LogP contribution in [-0.4, -0.2) is 55.1 Å². The molecule has 0 saturated carbocycles. The van der Waals surface area contributed by atoms with Gasteiger partial charge in [-0.1, -0.05) is 24.3 Å². The molecule has 0 radical (unpaired) electrons. The SMILES string of the molecule is COc1cccc(CN2CC3Oc4ccccc4C(=O)N(C)C3C2)c1. The van der Waals surface area contributed by atoms with E-state index in [-0.39, 0.29) is 18.1 Å². The molecule has 2 aromatic carbocycles. The fourth-order valence-corrected chi connectivity index (χ4v) is 3.73. The highest BCUT2D eigenvalue weighted by Crippen LogP contribution is 2.31. The maximum absolute atomic E-state index is 12.7. The first-order chi connectivity index (χ1) is 12.2. The van der Waals surface area contributed by atoms with Gasteiger partial charge in [-0.3, -0.25) is 9.69 Å². The summed E-state index contributed by atoms with van der Waals surface area (Å²) in [5.41, 5.74) is 1.85. The van der Waals surface area contributed by atoms with E-state index in [4.69, 9.17) is 9.47 Å². The Morgan fingerprint density at radius 1 is 1.16 bits per heavy atom. The molecule has 5 nitrogen and oxygen atoms in total. The number of benzene rings is 2. The van der Waals surface area contributed by atoms with Crippen LogP contribution in [0.25, 0.3) is 0 Å². The van der Waals surface area contributed by atoms with Crippen LogP contribution in [0.3, 0.4) is 0 Å². The number of ether oxygens (including phenoxy) is 2. The van der Waals surface area contributed by atoms with E-state index in [2.05, 4.69) is 17.0 Å². The number of fused-ring (bicyclic) bond motifs is 2. The van der Waals surface area contributed by atoms with Gasteiger partial charge in [0, 0.05) is 26.7 Å². The van der Waals surface area contributed by atoms with Gasteiger partial charge in [-0.15, -0.1) is 0 Å². The Bertz CT molecular complexity index is 792. The average molecular weight is 338 g/mol. The summed E-state index contributed by atoms with van der Waals surface area (Å²) in [5.74, 6) is 1.59. The Hall–Kier alpha value is -2.53. The number of nitrogens with zero attached hydrogens (tertiary/aromatic N) is 2. The van der Waals surface area contributed by atoms with Crippen LogP contribution in [0.15, 0.2) is 48.5 Å². The fraction of sp³-hybridized carbons (Fsp3) is 0.350. The third-order valence-electron chi connectivity index (χ3n) is 5.07. The first-order valence-corrected chi connectivity index (χ1v) is 8.54. The van der Waals surface area contributed by atoms with E-state index in [0.717, 1.165) is 25.4 Å². The lowest BCUT2D eigenvalue weighted by Gasteiger charge is -2.25. The third-order valence-corrected chi connectivity index (χ3v) is 5.07. The van der Waals surface area contributed by atoms with Crippen molar-refractivity contribution < 1.29 is 14.3 Å². The second kappa shape index (κ2) is 6.41. The molecule has 2 atom stereocenters. The van der Waals surface area contributed by atoms with Crippen molar-refractivity contribution in [1.82, 2.24) is 9.80 Å². The van der Waals surface area contributed by atoms with Crippen LogP contribution < -0.4 is 9.47 Å². The zero-order valence-electron chi connectivity index (χ0n) is 14.5. The van der Waals surface area contributed by atoms with Crippen LogP contribution in [-0.2, 0) is 6.54 Å². The Labute approximate surface area is 147 Å². The Balaban J connectivity index is 1.54. The number of rotatable bonds is 3. The Kier molecular flexibility index (Phi) is 4.09. The third kappa shape index (κ3) is 2.96. The summed E-state index contributed by atoms with van der Waals surface area (Å²) in [6, 6.07) is 15.7. The lowest BCUT2D eigenvalue weighted by molar-refractivity contribution is 0.0682. The monoisotopic (exact) mass is 338 g/mol. The van der Waals surface area contributed by atoms with E-state index < -0.39 is 0 Å². The number of carbonyl (C=O) groups excluding carboxylic acids is 1. The zero-order chi connectivity index (χ0) is 17.4. The molecule has 1 amide bonds. The van der Waals surface area contributed by atoms with Gasteiger partial charge < -0.3 is 14.4 Å². The minimum absolute atomic E-state index is 0.0109. The molecule has 0 bridgehead atoms. The number of likely N-dealkylation sites (tertiary alicyclic amines) is 1. The van der Waals surface area contributed by atoms with Crippen molar-refractivity contribution in [1.29, 1.82) is 0 Å². The maximum Gasteiger partial charge on any atom is 0.257 e. The van der Waals surface area contributed by atoms with Crippen LogP contribution in [0.5, 0.6) is 11.5 Å². The molecule has 0 spiro atoms. The number of para-hydroxylation sites is 1. The van der Waals surface area contributed by atoms with E-state index in [1.165, 1.54) is 5.56 Å². The van der Waals surface area contributed by atoms with E-state index in [0.29, 0.717) is 11.3 Å². The molecule has 1 saturated heterocycles. The Morgan fingerprint density at radius 2 is 2.00 bits per heavy atom. The number of methoxy groups -OCH3 is 1. The number of likely N-dealkylation sites (N-methyl/N-ethyl adjacent to an activating group) is 1. The molecule has 0 aliphatic carbocycles. The molecular weight excluding hydrogens is 316 g/mol. The summed E-state index contributed by atoms with van der Waals surface area (Å²) < 4.78 is 11.5. The summed E-state index contributed by atoms with van der Waals surface area (Å²) >= 11 is 0. The molecule has 0 aromatic heterocycles. The van der Waals surface area contributed by atoms with Gasteiger partial charge in [0.05, 0.1) is 18.7 Å². The predicted octanol–water partition coefficient (Wildman–Crippen LogP) is 2.41. The fourth-order valence-electron chi connectivity index (χ4n) is 3.73. The van der Waals surface area contributed by atoms with E-state index in [1.807, 2.05) is 48.3 Å². The van der Waals surface area contributed by atoms with Crippen LogP contribution >= 0.6 is 0 Å². The van der Waals surface area contributed by atoms with Gasteiger partial charge in [0.15, 0.2) is 0 Å². The second-order valence-electron chi connectivity index (χ2n) is 6.68. The highest BCUT2D eigenvalue weighted by atomic mass is 16.5. The van der Waals surface area contributed by atoms with Crippen LogP contribution in [0.1, 0.15) is 15.9 Å². The van der Waals surface area contributed by atoms with Gasteiger partial charge in [0.1, 0.15) is 17.6 Å². The lowest BCUT2D eigenvalue weighted by atomic mass is 10.1. The van der Waals surface area contributed by atoms with Crippen molar-refractivity contribution in [2.24, 2.45) is 0 Å². The molecule has 5 heteroatoms. The highest BCUT2D eigenvalue weighted by Gasteiger charge is 2.41. The molecule has 2 aromatic rings. The van der Waals surface area contributed by atoms with E-state index in [1.54, 1.807) is 7.11 Å². The summed E-state index contributed by atoms with van der Waals surface area (Å²) in [7, 11) is 3.55. The molecule has 2 unspecified atom stereocenters. The standard InChI is InChI=1S/C20H22N2O3/c1-21-17-12-22(11-14-6-5-7-15(10-14)24-2)13-19(17)25-18-9-4-3-8-16(18)20(21)23/h3-10,17,19H,11-13H2,1-2H3. The van der Waals surface area contributed by atoms with Crippen molar-refractivity contribution in [3.8, 4) is 11.5 Å². The van der Waals surface area contributed by atoms with E-state index >= 15 is 0 Å². The van der Waals surface area contributed by atoms with Crippen molar-refractivity contribution >= 4 is 5.91 Å². The smallest absolute Gasteiger partial charge is 0.257 e. The number of hydrogen-bond acceptors (Lipinski definition) is 4. The topological polar surface area (TPSA) is 42.0 Å². The normalized spacial score (nSPS) is 22.8. The van der Waals surface area contributed by atoms with Crippen LogP contribution in [0.4, 0.5) is 0 Å². The summed E-state index contributed by atoms with van der Waals surface area (Å²) in [6.07, 6.45) is -0.0109. The largest absolute Gasteiger partial charge is 0.497 e. The number of hydrogen-bond donors (Lipinski definition) is 0. The first-order valence-electron chi connectivity index (χ1n) is 8.54. The molecular formula is C20H22N2O3. The molecule has 25 heavy (non-hydrogen) atoms. The minimum atomic E-state index is -0.0109. The summed E-state index contributed by atoms with van der Waals surface area (Å²) in [5, 5.41) is 0. The van der Waals surface area contributed by atoms with Crippen LogP contribution in [0, 0.1) is 0 Å². The first kappa shape index (κ1) is 16.0. The molecule has 130 valence electrons. The minimum Gasteiger partial charge on any atom is -0.497 e. The second-order valence-corrected chi connectivity index (χ2v) is 6.68. The van der Waals surface area contributed by atoms with Crippen LogP contribution in [0.2, 0.25) is 0 Å². The average Bonchev–Trinajstić information content (AvgIpc) is 2.99. The molecule has 0 N–H and O–H groups in total. The van der Waals surface area contributed by atoms with Crippen molar-refractivity contribution in [3.05, 3.63) is 59.7 Å². The van der Waals surface area contributed by atoms with E-state index in [9.17, 15) is 4.79 Å². The quantitative estimate of drug-likeness (QED) is 0.862. The molecule has 2 heterocycles. The molecule has 4 rings (SSSR count). The summed E-state index contributed by atoms with van der Waals surface area (Å²) in [4.78, 5) is 16.9. The van der Waals surface area contributed by atoms with Gasteiger partial charge in [0.2, 0.25) is 0 Å². The lowest BCUT2D eigenvalue weighted by Crippen LogP contribution is -2.44. The van der Waals surface area contributed by atoms with Gasteiger partial charge >= 0.3 is 0 Å². The predicted molar refractivity (Wildman–Crippen MR) is 95.0 cm³/mol. The van der Waals surface area contributed by atoms with Gasteiger partial charge in [-0.25, -0.2) is 0 Å². The molecule has 2 aliphatic rings. The maximum atomic E-state index is 12.7. The Morgan fingerprint density at radius 3 is 2.84 bits per heavy atom. The molecule has 1 fully saturated rings. The number of amides is 1. The summed E-state index contributed by atoms with van der Waals surface area (Å²) in [6.45, 7) is 2.42. The van der Waals surface area contributed by atoms with Crippen molar-refractivity contribution in [2.45, 2.75) is 18.7 Å². The zero-order valence-corrected chi connectivity index (χ0v) is 14.5. The van der Waals surface area contributed by atoms with Crippen molar-refractivity contribution in [2.75, 3.05) is 27.2 Å². The molecule has 2 aliphatic heterocycles. The highest BCUT2D eigenvalue weighted by molar-refractivity contribution is 5.97. The van der Waals surface area contributed by atoms with Crippen molar-refractivity contribution in [3.63, 3.8) is 0 Å². The van der Waals surface area contributed by atoms with Gasteiger partial charge in [-0.05, 0) is 29.8 Å².